The van der Waals surface area contributed by atoms with E-state index in [9.17, 15) is 14.4 Å². The molecule has 6 heteroatoms. The van der Waals surface area contributed by atoms with Gasteiger partial charge in [-0.15, -0.1) is 0 Å². The normalized spacial score (nSPS) is 10.4. The van der Waals surface area contributed by atoms with E-state index in [0.717, 1.165) is 10.9 Å². The lowest BCUT2D eigenvalue weighted by Gasteiger charge is -2.04. The predicted octanol–water partition coefficient (Wildman–Crippen LogP) is 3.94. The van der Waals surface area contributed by atoms with Gasteiger partial charge in [-0.3, -0.25) is 14.4 Å². The number of Topliss-reactive ketones (excluding diaryl/α,β-unsaturated/α-hetero) is 2. The molecule has 0 spiro atoms. The Hall–Kier alpha value is -3.72. The van der Waals surface area contributed by atoms with Crippen LogP contribution in [0.15, 0.2) is 60.8 Å². The summed E-state index contributed by atoms with van der Waals surface area (Å²) >= 11 is 0. The average Bonchev–Trinajstić information content (AvgIpc) is 3.13. The Morgan fingerprint density at radius 3 is 2.41 bits per heavy atom. The van der Waals surface area contributed by atoms with E-state index < -0.39 is 5.97 Å². The number of para-hydroxylation sites is 1. The number of nitrogens with zero attached hydrogens (tertiary/aromatic N) is 2. The Morgan fingerprint density at radius 2 is 1.66 bits per heavy atom. The molecule has 0 fully saturated rings. The minimum Gasteiger partial charge on any atom is -0.457 e. The van der Waals surface area contributed by atoms with Gasteiger partial charge in [0.1, 0.15) is 0 Å². The zero-order valence-electron chi connectivity index (χ0n) is 15.8. The average molecular weight is 388 g/mol. The summed E-state index contributed by atoms with van der Waals surface area (Å²) in [5.41, 5.74) is 1.85. The molecule has 0 atom stereocenters. The van der Waals surface area contributed by atoms with E-state index in [0.29, 0.717) is 24.1 Å². The highest BCUT2D eigenvalue weighted by molar-refractivity contribution is 6.09. The lowest BCUT2D eigenvalue weighted by atomic mass is 10.1. The summed E-state index contributed by atoms with van der Waals surface area (Å²) in [6, 6.07) is 18.2. The summed E-state index contributed by atoms with van der Waals surface area (Å²) in [6.07, 6.45) is 1.98. The maximum Gasteiger partial charge on any atom is 0.306 e. The van der Waals surface area contributed by atoms with Crippen LogP contribution in [-0.4, -0.2) is 28.7 Å². The molecular weight excluding hydrogens is 368 g/mol. The van der Waals surface area contributed by atoms with E-state index in [4.69, 9.17) is 10.00 Å². The first-order valence-corrected chi connectivity index (χ1v) is 9.32. The number of fused-ring (bicyclic) bond motifs is 1. The molecule has 0 aliphatic rings. The number of carbonyl (C=O) groups is 3. The molecule has 1 aromatic heterocycles. The molecule has 0 saturated heterocycles. The Kier molecular flexibility index (Phi) is 6.54. The predicted molar refractivity (Wildman–Crippen MR) is 107 cm³/mol. The van der Waals surface area contributed by atoms with Crippen LogP contribution in [0.1, 0.15) is 40.0 Å². The number of esters is 1. The fourth-order valence-electron chi connectivity index (χ4n) is 3.10. The topological polar surface area (TPSA) is 89.2 Å². The Balaban J connectivity index is 1.58. The van der Waals surface area contributed by atoms with Crippen molar-refractivity contribution in [1.82, 2.24) is 4.57 Å². The fraction of sp³-hybridized carbons (Fsp3) is 0.217. The lowest BCUT2D eigenvalue weighted by Crippen LogP contribution is -2.15. The van der Waals surface area contributed by atoms with Gasteiger partial charge in [0.25, 0.3) is 0 Å². The van der Waals surface area contributed by atoms with Crippen LogP contribution < -0.4 is 0 Å². The molecule has 2 aromatic carbocycles. The van der Waals surface area contributed by atoms with E-state index in [-0.39, 0.29) is 31.0 Å². The molecule has 0 amide bonds. The summed E-state index contributed by atoms with van der Waals surface area (Å²) in [5.74, 6) is -1.05. The van der Waals surface area contributed by atoms with E-state index >= 15 is 0 Å². The first-order chi connectivity index (χ1) is 14.1. The van der Waals surface area contributed by atoms with Crippen LogP contribution in [0.4, 0.5) is 0 Å². The minimum atomic E-state index is -0.587. The van der Waals surface area contributed by atoms with Crippen molar-refractivity contribution in [3.8, 4) is 6.07 Å². The second-order valence-electron chi connectivity index (χ2n) is 6.53. The molecule has 6 nitrogen and oxygen atoms in total. The summed E-state index contributed by atoms with van der Waals surface area (Å²) in [5, 5.41) is 9.57. The molecule has 0 saturated carbocycles. The van der Waals surface area contributed by atoms with Crippen molar-refractivity contribution in [2.75, 3.05) is 6.61 Å². The third-order valence-corrected chi connectivity index (χ3v) is 4.57. The van der Waals surface area contributed by atoms with E-state index in [1.54, 1.807) is 30.5 Å². The lowest BCUT2D eigenvalue weighted by molar-refractivity contribution is -0.142. The van der Waals surface area contributed by atoms with Gasteiger partial charge in [0.2, 0.25) is 5.78 Å². The van der Waals surface area contributed by atoms with E-state index in [1.807, 2.05) is 34.9 Å². The highest BCUT2D eigenvalue weighted by Crippen LogP contribution is 2.22. The van der Waals surface area contributed by atoms with Crippen molar-refractivity contribution in [3.63, 3.8) is 0 Å². The summed E-state index contributed by atoms with van der Waals surface area (Å²) in [4.78, 5) is 36.6. The standard InChI is InChI=1S/C23H20N2O4/c24-13-6-14-25-15-19(18-9-4-5-10-20(18)25)22(27)16-29-23(28)12-11-21(26)17-7-2-1-3-8-17/h1-5,7-10,15H,6,11-12,14,16H2. The quantitative estimate of drug-likeness (QED) is 0.409. The minimum absolute atomic E-state index is 0.0322. The van der Waals surface area contributed by atoms with Gasteiger partial charge in [0.15, 0.2) is 12.4 Å². The van der Waals surface area contributed by atoms with Crippen molar-refractivity contribution in [1.29, 1.82) is 5.26 Å². The molecule has 29 heavy (non-hydrogen) atoms. The number of rotatable bonds is 9. The SMILES string of the molecule is N#CCCn1cc(C(=O)COC(=O)CCC(=O)c2ccccc2)c2ccccc21. The van der Waals surface area contributed by atoms with Gasteiger partial charge >= 0.3 is 5.97 Å². The number of benzene rings is 2. The van der Waals surface area contributed by atoms with Gasteiger partial charge in [-0.25, -0.2) is 0 Å². The number of ketones is 2. The van der Waals surface area contributed by atoms with E-state index in [1.165, 1.54) is 0 Å². The molecule has 0 radical (unpaired) electrons. The molecule has 0 unspecified atom stereocenters. The molecule has 3 aromatic rings. The van der Waals surface area contributed by atoms with Crippen LogP contribution in [-0.2, 0) is 16.1 Å². The third kappa shape index (κ3) is 4.96. The number of aromatic nitrogens is 1. The first-order valence-electron chi connectivity index (χ1n) is 9.32. The fourth-order valence-corrected chi connectivity index (χ4v) is 3.10. The highest BCUT2D eigenvalue weighted by Gasteiger charge is 2.17. The molecule has 146 valence electrons. The van der Waals surface area contributed by atoms with Crippen molar-refractivity contribution in [2.45, 2.75) is 25.8 Å². The Bertz CT molecular complexity index is 1080. The van der Waals surface area contributed by atoms with Gasteiger partial charge in [-0.1, -0.05) is 48.5 Å². The highest BCUT2D eigenvalue weighted by atomic mass is 16.5. The second-order valence-corrected chi connectivity index (χ2v) is 6.53. The van der Waals surface area contributed by atoms with Gasteiger partial charge in [-0.05, 0) is 6.07 Å². The smallest absolute Gasteiger partial charge is 0.306 e. The van der Waals surface area contributed by atoms with Crippen LogP contribution in [0.25, 0.3) is 10.9 Å². The van der Waals surface area contributed by atoms with Gasteiger partial charge in [0.05, 0.1) is 18.9 Å². The molecule has 0 bridgehead atoms. The number of ether oxygens (including phenoxy) is 1. The Morgan fingerprint density at radius 1 is 0.931 bits per heavy atom. The summed E-state index contributed by atoms with van der Waals surface area (Å²) in [7, 11) is 0. The first kappa shape index (κ1) is 20.0. The van der Waals surface area contributed by atoms with Gasteiger partial charge < -0.3 is 9.30 Å². The monoisotopic (exact) mass is 388 g/mol. The second kappa shape index (κ2) is 9.47. The zero-order chi connectivity index (χ0) is 20.6. The van der Waals surface area contributed by atoms with Crippen molar-refractivity contribution in [3.05, 3.63) is 71.9 Å². The van der Waals surface area contributed by atoms with Crippen molar-refractivity contribution < 1.29 is 19.1 Å². The molecule has 0 N–H and O–H groups in total. The maximum atomic E-state index is 12.6. The summed E-state index contributed by atoms with van der Waals surface area (Å²) in [6.45, 7) is 0.0935. The number of aryl methyl sites for hydroxylation is 1. The number of hydrogen-bond acceptors (Lipinski definition) is 5. The molecular formula is C23H20N2O4. The molecule has 0 aliphatic heterocycles. The molecule has 0 aliphatic carbocycles. The van der Waals surface area contributed by atoms with Crippen LogP contribution >= 0.6 is 0 Å². The maximum absolute atomic E-state index is 12.6. The van der Waals surface area contributed by atoms with Crippen LogP contribution in [0.3, 0.4) is 0 Å². The van der Waals surface area contributed by atoms with Crippen molar-refractivity contribution in [2.24, 2.45) is 0 Å². The molecule has 3 rings (SSSR count). The Labute approximate surface area is 168 Å². The van der Waals surface area contributed by atoms with Crippen LogP contribution in [0, 0.1) is 11.3 Å². The molecule has 1 heterocycles. The third-order valence-electron chi connectivity index (χ3n) is 4.57. The zero-order valence-corrected chi connectivity index (χ0v) is 15.8. The number of carbonyl (C=O) groups excluding carboxylic acids is 3. The number of nitriles is 1. The van der Waals surface area contributed by atoms with Crippen LogP contribution in [0.5, 0.6) is 0 Å². The van der Waals surface area contributed by atoms with Crippen molar-refractivity contribution >= 4 is 28.4 Å². The van der Waals surface area contributed by atoms with E-state index in [2.05, 4.69) is 6.07 Å². The largest absolute Gasteiger partial charge is 0.457 e. The number of hydrogen-bond donors (Lipinski definition) is 0. The van der Waals surface area contributed by atoms with Crippen LogP contribution in [0.2, 0.25) is 0 Å². The van der Waals surface area contributed by atoms with Gasteiger partial charge in [-0.2, -0.15) is 5.26 Å². The van der Waals surface area contributed by atoms with Gasteiger partial charge in [0, 0.05) is 41.2 Å². The summed E-state index contributed by atoms with van der Waals surface area (Å²) < 4.78 is 6.93.